The Balaban J connectivity index is 1.48. The molecule has 7 nitrogen and oxygen atoms in total. The molecule has 28 heavy (non-hydrogen) atoms. The lowest BCUT2D eigenvalue weighted by Gasteiger charge is -2.35. The summed E-state index contributed by atoms with van der Waals surface area (Å²) >= 11 is 0. The minimum Gasteiger partial charge on any atom is -0.353 e. The molecular weight excluding hydrogens is 350 g/mol. The molecule has 144 valence electrons. The zero-order valence-corrected chi connectivity index (χ0v) is 16.6. The highest BCUT2D eigenvalue weighted by molar-refractivity contribution is 5.61. The van der Waals surface area contributed by atoms with E-state index in [-0.39, 0.29) is 0 Å². The van der Waals surface area contributed by atoms with Crippen molar-refractivity contribution >= 4 is 23.3 Å². The van der Waals surface area contributed by atoms with Crippen LogP contribution in [0.1, 0.15) is 17.0 Å². The van der Waals surface area contributed by atoms with E-state index in [1.54, 1.807) is 12.4 Å². The lowest BCUT2D eigenvalue weighted by Crippen LogP contribution is -2.47. The topological polar surface area (TPSA) is 70.1 Å². The van der Waals surface area contributed by atoms with E-state index in [2.05, 4.69) is 67.1 Å². The van der Waals surface area contributed by atoms with Gasteiger partial charge in [0.25, 0.3) is 0 Å². The molecule has 7 heteroatoms. The van der Waals surface area contributed by atoms with Gasteiger partial charge in [0.2, 0.25) is 5.95 Å². The van der Waals surface area contributed by atoms with Gasteiger partial charge in [-0.3, -0.25) is 0 Å². The van der Waals surface area contributed by atoms with Crippen LogP contribution in [0, 0.1) is 20.8 Å². The first kappa shape index (κ1) is 18.2. The summed E-state index contributed by atoms with van der Waals surface area (Å²) in [5.74, 6) is 3.32. The third-order valence-corrected chi connectivity index (χ3v) is 4.76. The molecule has 4 rings (SSSR count). The highest BCUT2D eigenvalue weighted by Crippen LogP contribution is 2.23. The van der Waals surface area contributed by atoms with E-state index in [9.17, 15) is 0 Å². The van der Waals surface area contributed by atoms with Crippen molar-refractivity contribution in [3.05, 3.63) is 59.7 Å². The molecule has 1 aliphatic rings. The SMILES string of the molecule is Cc1cc(C)cc(Nc2cc(N3CCN(c4ncccn4)CC3)nc(C)n2)c1. The summed E-state index contributed by atoms with van der Waals surface area (Å²) < 4.78 is 0. The Labute approximate surface area is 165 Å². The summed E-state index contributed by atoms with van der Waals surface area (Å²) in [6.07, 6.45) is 3.57. The Morgan fingerprint density at radius 2 is 1.43 bits per heavy atom. The van der Waals surface area contributed by atoms with Gasteiger partial charge in [-0.2, -0.15) is 0 Å². The quantitative estimate of drug-likeness (QED) is 0.750. The number of aryl methyl sites for hydroxylation is 3. The predicted octanol–water partition coefficient (Wildman–Crippen LogP) is 3.26. The van der Waals surface area contributed by atoms with Crippen LogP contribution < -0.4 is 15.1 Å². The minimum absolute atomic E-state index is 0.762. The molecule has 1 N–H and O–H groups in total. The predicted molar refractivity (Wildman–Crippen MR) is 112 cm³/mol. The van der Waals surface area contributed by atoms with Crippen LogP contribution in [0.15, 0.2) is 42.7 Å². The molecule has 0 radical (unpaired) electrons. The van der Waals surface area contributed by atoms with E-state index in [4.69, 9.17) is 0 Å². The van der Waals surface area contributed by atoms with E-state index in [0.717, 1.165) is 55.3 Å². The lowest BCUT2D eigenvalue weighted by atomic mass is 10.1. The van der Waals surface area contributed by atoms with Gasteiger partial charge >= 0.3 is 0 Å². The van der Waals surface area contributed by atoms with Crippen molar-refractivity contribution in [2.75, 3.05) is 41.3 Å². The van der Waals surface area contributed by atoms with Gasteiger partial charge in [0.1, 0.15) is 17.5 Å². The standard InChI is InChI=1S/C21H25N7/c1-15-11-16(2)13-18(12-15)26-19-14-20(25-17(3)24-19)27-7-9-28(10-8-27)21-22-5-4-6-23-21/h4-6,11-14H,7-10H2,1-3H3,(H,24,25,26). The molecule has 0 unspecified atom stereocenters. The minimum atomic E-state index is 0.762. The number of piperazine rings is 1. The Morgan fingerprint density at radius 3 is 2.11 bits per heavy atom. The molecule has 0 aliphatic carbocycles. The van der Waals surface area contributed by atoms with Crippen LogP contribution in [0.4, 0.5) is 23.3 Å². The summed E-state index contributed by atoms with van der Waals surface area (Å²) in [6, 6.07) is 10.3. The lowest BCUT2D eigenvalue weighted by molar-refractivity contribution is 0.633. The fraction of sp³-hybridized carbons (Fsp3) is 0.333. The molecule has 2 aromatic heterocycles. The molecule has 1 aliphatic heterocycles. The fourth-order valence-electron chi connectivity index (χ4n) is 3.56. The Bertz CT molecular complexity index is 930. The molecule has 3 aromatic rings. The van der Waals surface area contributed by atoms with Crippen molar-refractivity contribution in [2.24, 2.45) is 0 Å². The smallest absolute Gasteiger partial charge is 0.225 e. The summed E-state index contributed by atoms with van der Waals surface area (Å²) in [5.41, 5.74) is 3.51. The van der Waals surface area contributed by atoms with E-state index < -0.39 is 0 Å². The molecule has 0 amide bonds. The maximum atomic E-state index is 4.66. The number of hydrogen-bond acceptors (Lipinski definition) is 7. The van der Waals surface area contributed by atoms with Crippen LogP contribution in [-0.4, -0.2) is 46.1 Å². The number of aromatic nitrogens is 4. The maximum Gasteiger partial charge on any atom is 0.225 e. The molecular formula is C21H25N7. The molecule has 0 atom stereocenters. The monoisotopic (exact) mass is 375 g/mol. The normalized spacial score (nSPS) is 14.2. The zero-order valence-electron chi connectivity index (χ0n) is 16.6. The average molecular weight is 375 g/mol. The third-order valence-electron chi connectivity index (χ3n) is 4.76. The number of nitrogens with zero attached hydrogens (tertiary/aromatic N) is 6. The van der Waals surface area contributed by atoms with Crippen LogP contribution in [0.2, 0.25) is 0 Å². The first-order valence-corrected chi connectivity index (χ1v) is 9.55. The summed E-state index contributed by atoms with van der Waals surface area (Å²) in [4.78, 5) is 22.4. The van der Waals surface area contributed by atoms with Gasteiger partial charge in [0, 0.05) is 50.3 Å². The molecule has 3 heterocycles. The van der Waals surface area contributed by atoms with Crippen molar-refractivity contribution in [3.63, 3.8) is 0 Å². The van der Waals surface area contributed by atoms with Crippen LogP contribution in [0.3, 0.4) is 0 Å². The van der Waals surface area contributed by atoms with Gasteiger partial charge in [-0.25, -0.2) is 19.9 Å². The van der Waals surface area contributed by atoms with Crippen molar-refractivity contribution in [1.82, 2.24) is 19.9 Å². The van der Waals surface area contributed by atoms with E-state index in [1.165, 1.54) is 11.1 Å². The van der Waals surface area contributed by atoms with Crippen molar-refractivity contribution in [1.29, 1.82) is 0 Å². The fourth-order valence-corrected chi connectivity index (χ4v) is 3.56. The molecule has 0 bridgehead atoms. The zero-order chi connectivity index (χ0) is 19.5. The van der Waals surface area contributed by atoms with Crippen LogP contribution in [0.25, 0.3) is 0 Å². The Kier molecular flexibility index (Phi) is 5.06. The van der Waals surface area contributed by atoms with Crippen molar-refractivity contribution < 1.29 is 0 Å². The van der Waals surface area contributed by atoms with Crippen LogP contribution in [-0.2, 0) is 0 Å². The number of hydrogen-bond donors (Lipinski definition) is 1. The Morgan fingerprint density at radius 1 is 0.786 bits per heavy atom. The summed E-state index contributed by atoms with van der Waals surface area (Å²) in [7, 11) is 0. The number of rotatable bonds is 4. The molecule has 1 fully saturated rings. The second-order valence-electron chi connectivity index (χ2n) is 7.18. The van der Waals surface area contributed by atoms with Gasteiger partial charge in [-0.15, -0.1) is 0 Å². The van der Waals surface area contributed by atoms with Gasteiger partial charge in [-0.1, -0.05) is 6.07 Å². The average Bonchev–Trinajstić information content (AvgIpc) is 2.67. The van der Waals surface area contributed by atoms with Gasteiger partial charge < -0.3 is 15.1 Å². The number of anilines is 4. The van der Waals surface area contributed by atoms with E-state index in [0.29, 0.717) is 0 Å². The first-order valence-electron chi connectivity index (χ1n) is 9.55. The van der Waals surface area contributed by atoms with Gasteiger partial charge in [0.05, 0.1) is 0 Å². The summed E-state index contributed by atoms with van der Waals surface area (Å²) in [6.45, 7) is 9.62. The molecule has 1 aromatic carbocycles. The third kappa shape index (κ3) is 4.19. The molecule has 0 spiro atoms. The summed E-state index contributed by atoms with van der Waals surface area (Å²) in [5, 5.41) is 3.43. The second kappa shape index (κ2) is 7.80. The van der Waals surface area contributed by atoms with Gasteiger partial charge in [0.15, 0.2) is 0 Å². The number of benzene rings is 1. The van der Waals surface area contributed by atoms with Crippen molar-refractivity contribution in [3.8, 4) is 0 Å². The largest absolute Gasteiger partial charge is 0.353 e. The van der Waals surface area contributed by atoms with Crippen molar-refractivity contribution in [2.45, 2.75) is 20.8 Å². The van der Waals surface area contributed by atoms with E-state index >= 15 is 0 Å². The Hall–Kier alpha value is -3.22. The number of nitrogens with one attached hydrogen (secondary N) is 1. The molecule has 0 saturated carbocycles. The second-order valence-corrected chi connectivity index (χ2v) is 7.18. The van der Waals surface area contributed by atoms with Crippen LogP contribution in [0.5, 0.6) is 0 Å². The highest BCUT2D eigenvalue weighted by Gasteiger charge is 2.20. The molecule has 1 saturated heterocycles. The van der Waals surface area contributed by atoms with Crippen LogP contribution >= 0.6 is 0 Å². The highest BCUT2D eigenvalue weighted by atomic mass is 15.3. The van der Waals surface area contributed by atoms with Gasteiger partial charge in [-0.05, 0) is 50.1 Å². The maximum absolute atomic E-state index is 4.66. The first-order chi connectivity index (χ1) is 13.6. The van der Waals surface area contributed by atoms with E-state index in [1.807, 2.05) is 19.1 Å².